The van der Waals surface area contributed by atoms with Crippen LogP contribution in [0.3, 0.4) is 0 Å². The Labute approximate surface area is 98.6 Å². The van der Waals surface area contributed by atoms with Crippen LogP contribution in [0.5, 0.6) is 0 Å². The molecule has 6 heteroatoms. The molecule has 0 spiro atoms. The Morgan fingerprint density at radius 3 is 2.65 bits per heavy atom. The lowest BCUT2D eigenvalue weighted by atomic mass is 10.2. The van der Waals surface area contributed by atoms with Gasteiger partial charge in [-0.1, -0.05) is 17.7 Å². The Morgan fingerprint density at radius 2 is 2.06 bits per heavy atom. The maximum Gasteiger partial charge on any atom is 0.232 e. The molecule has 0 radical (unpaired) electrons. The molecule has 88 valence electrons. The van der Waals surface area contributed by atoms with Gasteiger partial charge in [-0.2, -0.15) is 0 Å². The monoisotopic (exact) mass is 231 g/mol. The first-order valence-corrected chi connectivity index (χ1v) is 5.23. The first kappa shape index (κ1) is 11.3. The van der Waals surface area contributed by atoms with E-state index in [4.69, 9.17) is 0 Å². The molecule has 0 fully saturated rings. The van der Waals surface area contributed by atoms with Gasteiger partial charge in [-0.25, -0.2) is 4.68 Å². The van der Waals surface area contributed by atoms with Gasteiger partial charge in [0, 0.05) is 12.7 Å². The number of tetrazole rings is 1. The molecule has 0 unspecified atom stereocenters. The van der Waals surface area contributed by atoms with Crippen molar-refractivity contribution in [2.24, 2.45) is 7.05 Å². The van der Waals surface area contributed by atoms with Crippen molar-refractivity contribution >= 4 is 11.6 Å². The summed E-state index contributed by atoms with van der Waals surface area (Å²) in [5, 5.41) is 13.7. The van der Waals surface area contributed by atoms with Crippen LogP contribution in [0, 0.1) is 6.92 Å². The highest BCUT2D eigenvalue weighted by Crippen LogP contribution is 2.08. The molecule has 1 aromatic heterocycles. The Morgan fingerprint density at radius 1 is 1.35 bits per heavy atom. The third-order valence-electron chi connectivity index (χ3n) is 2.36. The van der Waals surface area contributed by atoms with Crippen LogP contribution < -0.4 is 5.32 Å². The van der Waals surface area contributed by atoms with Crippen LogP contribution in [-0.4, -0.2) is 26.1 Å². The SMILES string of the molecule is Cc1ccc(NC(=O)Cc2nnnn2C)cc1. The maximum atomic E-state index is 11.7. The molecule has 1 aromatic carbocycles. The average Bonchev–Trinajstić information content (AvgIpc) is 2.68. The summed E-state index contributed by atoms with van der Waals surface area (Å²) in [5.41, 5.74) is 1.93. The Kier molecular flexibility index (Phi) is 3.13. The zero-order valence-corrected chi connectivity index (χ0v) is 9.71. The van der Waals surface area contributed by atoms with Crippen molar-refractivity contribution in [3.63, 3.8) is 0 Å². The van der Waals surface area contributed by atoms with Gasteiger partial charge in [0.05, 0.1) is 6.42 Å². The highest BCUT2D eigenvalue weighted by atomic mass is 16.1. The molecular formula is C11H13N5O. The number of hydrogen-bond donors (Lipinski definition) is 1. The van der Waals surface area contributed by atoms with Crippen LogP contribution in [0.4, 0.5) is 5.69 Å². The van der Waals surface area contributed by atoms with E-state index in [0.717, 1.165) is 11.3 Å². The van der Waals surface area contributed by atoms with Gasteiger partial charge >= 0.3 is 0 Å². The fraction of sp³-hybridized carbons (Fsp3) is 0.273. The second-order valence-corrected chi connectivity index (χ2v) is 3.81. The summed E-state index contributed by atoms with van der Waals surface area (Å²) < 4.78 is 1.48. The molecule has 0 aliphatic rings. The number of aryl methyl sites for hydroxylation is 2. The zero-order chi connectivity index (χ0) is 12.3. The summed E-state index contributed by atoms with van der Waals surface area (Å²) in [5.74, 6) is 0.404. The van der Waals surface area contributed by atoms with Crippen LogP contribution in [-0.2, 0) is 18.3 Å². The predicted octanol–water partition coefficient (Wildman–Crippen LogP) is 0.700. The van der Waals surface area contributed by atoms with Gasteiger partial charge < -0.3 is 5.32 Å². The van der Waals surface area contributed by atoms with Crippen LogP contribution >= 0.6 is 0 Å². The van der Waals surface area contributed by atoms with Gasteiger partial charge in [-0.15, -0.1) is 5.10 Å². The highest BCUT2D eigenvalue weighted by molar-refractivity contribution is 5.91. The van der Waals surface area contributed by atoms with E-state index < -0.39 is 0 Å². The lowest BCUT2D eigenvalue weighted by Gasteiger charge is -2.04. The lowest BCUT2D eigenvalue weighted by molar-refractivity contribution is -0.115. The van der Waals surface area contributed by atoms with E-state index in [2.05, 4.69) is 20.8 Å². The predicted molar refractivity (Wildman–Crippen MR) is 62.3 cm³/mol. The quantitative estimate of drug-likeness (QED) is 0.844. The molecule has 17 heavy (non-hydrogen) atoms. The Bertz CT molecular complexity index is 517. The summed E-state index contributed by atoms with van der Waals surface area (Å²) >= 11 is 0. The molecule has 1 amide bonds. The normalized spacial score (nSPS) is 10.2. The molecule has 0 saturated carbocycles. The molecule has 1 heterocycles. The number of carbonyl (C=O) groups is 1. The minimum absolute atomic E-state index is 0.133. The van der Waals surface area contributed by atoms with Gasteiger partial charge in [-0.05, 0) is 29.5 Å². The summed E-state index contributed by atoms with van der Waals surface area (Å²) in [7, 11) is 1.70. The molecule has 2 aromatic rings. The van der Waals surface area contributed by atoms with Gasteiger partial charge in [0.15, 0.2) is 5.82 Å². The van der Waals surface area contributed by atoms with E-state index in [1.807, 2.05) is 31.2 Å². The average molecular weight is 231 g/mol. The van der Waals surface area contributed by atoms with Gasteiger partial charge in [-0.3, -0.25) is 4.79 Å². The van der Waals surface area contributed by atoms with Gasteiger partial charge in [0.25, 0.3) is 0 Å². The summed E-state index contributed by atoms with van der Waals surface area (Å²) in [6.45, 7) is 2.00. The van der Waals surface area contributed by atoms with Gasteiger partial charge in [0.1, 0.15) is 0 Å². The molecule has 0 atom stereocenters. The van der Waals surface area contributed by atoms with Crippen molar-refractivity contribution in [3.8, 4) is 0 Å². The number of benzene rings is 1. The van der Waals surface area contributed by atoms with E-state index >= 15 is 0 Å². The first-order valence-electron chi connectivity index (χ1n) is 5.23. The number of carbonyl (C=O) groups excluding carboxylic acids is 1. The topological polar surface area (TPSA) is 72.7 Å². The molecule has 2 rings (SSSR count). The maximum absolute atomic E-state index is 11.7. The molecule has 0 saturated heterocycles. The number of amides is 1. The Hall–Kier alpha value is -2.24. The fourth-order valence-electron chi connectivity index (χ4n) is 1.38. The van der Waals surface area contributed by atoms with E-state index in [-0.39, 0.29) is 12.3 Å². The second kappa shape index (κ2) is 4.73. The standard InChI is InChI=1S/C11H13N5O/c1-8-3-5-9(6-4-8)12-11(17)7-10-13-14-15-16(10)2/h3-6H,7H2,1-2H3,(H,12,17). The molecule has 6 nitrogen and oxygen atoms in total. The van der Waals surface area contributed by atoms with Crippen LogP contribution in [0.25, 0.3) is 0 Å². The van der Waals surface area contributed by atoms with E-state index in [9.17, 15) is 4.79 Å². The third-order valence-corrected chi connectivity index (χ3v) is 2.36. The van der Waals surface area contributed by atoms with Crippen molar-refractivity contribution in [3.05, 3.63) is 35.7 Å². The van der Waals surface area contributed by atoms with Gasteiger partial charge in [0.2, 0.25) is 5.91 Å². The minimum Gasteiger partial charge on any atom is -0.326 e. The van der Waals surface area contributed by atoms with Crippen LogP contribution in [0.2, 0.25) is 0 Å². The number of aromatic nitrogens is 4. The molecule has 0 bridgehead atoms. The van der Waals surface area contributed by atoms with Crippen molar-refractivity contribution in [2.75, 3.05) is 5.32 Å². The van der Waals surface area contributed by atoms with Crippen LogP contribution in [0.1, 0.15) is 11.4 Å². The number of hydrogen-bond acceptors (Lipinski definition) is 4. The largest absolute Gasteiger partial charge is 0.326 e. The summed E-state index contributed by atoms with van der Waals surface area (Å²) in [6.07, 6.45) is 0.164. The van der Waals surface area contributed by atoms with E-state index in [0.29, 0.717) is 5.82 Å². The van der Waals surface area contributed by atoms with E-state index in [1.54, 1.807) is 7.05 Å². The Balaban J connectivity index is 1.98. The number of anilines is 1. The van der Waals surface area contributed by atoms with Crippen molar-refractivity contribution in [1.29, 1.82) is 0 Å². The van der Waals surface area contributed by atoms with E-state index in [1.165, 1.54) is 4.68 Å². The smallest absolute Gasteiger partial charge is 0.232 e. The zero-order valence-electron chi connectivity index (χ0n) is 9.71. The number of nitrogens with zero attached hydrogens (tertiary/aromatic N) is 4. The van der Waals surface area contributed by atoms with Crippen molar-refractivity contribution in [2.45, 2.75) is 13.3 Å². The van der Waals surface area contributed by atoms with Crippen molar-refractivity contribution in [1.82, 2.24) is 20.2 Å². The number of rotatable bonds is 3. The van der Waals surface area contributed by atoms with Crippen LogP contribution in [0.15, 0.2) is 24.3 Å². The molecule has 1 N–H and O–H groups in total. The highest BCUT2D eigenvalue weighted by Gasteiger charge is 2.09. The first-order chi connectivity index (χ1) is 8.15. The lowest BCUT2D eigenvalue weighted by Crippen LogP contribution is -2.17. The third kappa shape index (κ3) is 2.87. The minimum atomic E-state index is -0.133. The molecular weight excluding hydrogens is 218 g/mol. The second-order valence-electron chi connectivity index (χ2n) is 3.81. The summed E-state index contributed by atoms with van der Waals surface area (Å²) in [6, 6.07) is 7.61. The molecule has 0 aliphatic carbocycles. The molecule has 0 aliphatic heterocycles. The summed E-state index contributed by atoms with van der Waals surface area (Å²) in [4.78, 5) is 11.7. The van der Waals surface area contributed by atoms with Crippen molar-refractivity contribution < 1.29 is 4.79 Å². The fourth-order valence-corrected chi connectivity index (χ4v) is 1.38. The number of nitrogens with one attached hydrogen (secondary N) is 1.